The number of nitrogens with one attached hydrogen (secondary N) is 2. The first kappa shape index (κ1) is 17.5. The van der Waals surface area contributed by atoms with E-state index in [-0.39, 0.29) is 22.0 Å². The Balaban J connectivity index is 2.14. The van der Waals surface area contributed by atoms with Crippen molar-refractivity contribution in [2.24, 2.45) is 0 Å². The van der Waals surface area contributed by atoms with Gasteiger partial charge in [-0.3, -0.25) is 15.6 Å². The molecule has 0 aliphatic heterocycles. The Labute approximate surface area is 138 Å². The average molecular weight is 360 g/mol. The maximum Gasteiger partial charge on any atom is 0.417 e. The van der Waals surface area contributed by atoms with Crippen LogP contribution in [0.2, 0.25) is 5.02 Å². The Morgan fingerprint density at radius 1 is 1.17 bits per heavy atom. The van der Waals surface area contributed by atoms with E-state index in [2.05, 4.69) is 15.8 Å². The van der Waals surface area contributed by atoms with Crippen LogP contribution in [0.15, 0.2) is 36.5 Å². The molecule has 0 atom stereocenters. The van der Waals surface area contributed by atoms with Gasteiger partial charge in [0.1, 0.15) is 0 Å². The van der Waals surface area contributed by atoms with Crippen molar-refractivity contribution in [3.63, 3.8) is 0 Å². The topological polar surface area (TPSA) is 91.3 Å². The second-order valence-electron chi connectivity index (χ2n) is 4.48. The van der Waals surface area contributed by atoms with Crippen molar-refractivity contribution >= 4 is 29.3 Å². The predicted octanol–water partition coefficient (Wildman–Crippen LogP) is 3.21. The Hall–Kier alpha value is -2.81. The number of benzene rings is 1. The number of pyridine rings is 1. The van der Waals surface area contributed by atoms with E-state index in [1.165, 1.54) is 24.3 Å². The summed E-state index contributed by atoms with van der Waals surface area (Å²) in [5.41, 5.74) is 2.97. The second-order valence-corrected chi connectivity index (χ2v) is 4.89. The first-order chi connectivity index (χ1) is 11.2. The molecule has 0 unspecified atom stereocenters. The van der Waals surface area contributed by atoms with Crippen LogP contribution in [-0.4, -0.2) is 22.0 Å². The zero-order valence-electron chi connectivity index (χ0n) is 11.7. The van der Waals surface area contributed by atoms with Crippen LogP contribution in [0.4, 0.5) is 19.0 Å². The number of carbonyl (C=O) groups is 2. The highest BCUT2D eigenvalue weighted by Crippen LogP contribution is 2.32. The molecule has 2 aromatic rings. The highest BCUT2D eigenvalue weighted by molar-refractivity contribution is 6.33. The van der Waals surface area contributed by atoms with Gasteiger partial charge in [0.25, 0.3) is 5.91 Å². The number of rotatable bonds is 4. The van der Waals surface area contributed by atoms with Crippen molar-refractivity contribution in [3.8, 4) is 0 Å². The molecule has 6 nitrogen and oxygen atoms in total. The van der Waals surface area contributed by atoms with E-state index in [0.717, 1.165) is 0 Å². The number of alkyl halides is 3. The van der Waals surface area contributed by atoms with Crippen LogP contribution in [-0.2, 0) is 6.18 Å². The first-order valence-corrected chi connectivity index (χ1v) is 6.69. The van der Waals surface area contributed by atoms with Crippen LogP contribution in [0.25, 0.3) is 0 Å². The number of carboxylic acids is 1. The minimum Gasteiger partial charge on any atom is -0.478 e. The fourth-order valence-electron chi connectivity index (χ4n) is 1.74. The van der Waals surface area contributed by atoms with Gasteiger partial charge in [-0.25, -0.2) is 9.78 Å². The zero-order chi connectivity index (χ0) is 17.9. The molecule has 3 N–H and O–H groups in total. The molecular weight excluding hydrogens is 351 g/mol. The number of carboxylic acid groups (broad SMARTS) is 1. The fraction of sp³-hybridized carbons (Fsp3) is 0.0714. The van der Waals surface area contributed by atoms with Gasteiger partial charge in [-0.2, -0.15) is 13.2 Å². The monoisotopic (exact) mass is 359 g/mol. The highest BCUT2D eigenvalue weighted by atomic mass is 35.5. The molecule has 10 heteroatoms. The van der Waals surface area contributed by atoms with Crippen LogP contribution >= 0.6 is 11.6 Å². The Kier molecular flexibility index (Phi) is 4.93. The van der Waals surface area contributed by atoms with Gasteiger partial charge in [-0.05, 0) is 18.2 Å². The lowest BCUT2D eigenvalue weighted by Crippen LogP contribution is -2.31. The van der Waals surface area contributed by atoms with E-state index < -0.39 is 23.6 Å². The van der Waals surface area contributed by atoms with Crippen molar-refractivity contribution in [2.45, 2.75) is 6.18 Å². The van der Waals surface area contributed by atoms with E-state index >= 15 is 0 Å². The SMILES string of the molecule is O=C(O)c1ccccc1C(=O)NNc1ncc(C(F)(F)F)cc1Cl. The molecule has 0 aliphatic carbocycles. The minimum atomic E-state index is -4.60. The smallest absolute Gasteiger partial charge is 0.417 e. The van der Waals surface area contributed by atoms with E-state index in [1.807, 2.05) is 0 Å². The van der Waals surface area contributed by atoms with Gasteiger partial charge in [0.15, 0.2) is 5.82 Å². The van der Waals surface area contributed by atoms with Crippen molar-refractivity contribution in [1.82, 2.24) is 10.4 Å². The first-order valence-electron chi connectivity index (χ1n) is 6.31. The Morgan fingerprint density at radius 3 is 2.33 bits per heavy atom. The van der Waals surface area contributed by atoms with Crippen LogP contribution < -0.4 is 10.9 Å². The molecule has 126 valence electrons. The van der Waals surface area contributed by atoms with E-state index in [4.69, 9.17) is 16.7 Å². The summed E-state index contributed by atoms with van der Waals surface area (Å²) in [7, 11) is 0. The standard InChI is InChI=1S/C14H9ClF3N3O3/c15-10-5-7(14(16,17)18)6-19-11(10)20-21-12(22)8-3-1-2-4-9(8)13(23)24/h1-6H,(H,19,20)(H,21,22)(H,23,24). The van der Waals surface area contributed by atoms with Gasteiger partial charge >= 0.3 is 12.1 Å². The summed E-state index contributed by atoms with van der Waals surface area (Å²) in [6.45, 7) is 0. The van der Waals surface area contributed by atoms with Crippen molar-refractivity contribution < 1.29 is 27.9 Å². The zero-order valence-corrected chi connectivity index (χ0v) is 12.4. The number of halogens is 4. The van der Waals surface area contributed by atoms with Gasteiger partial charge in [0.05, 0.1) is 21.7 Å². The maximum atomic E-state index is 12.5. The lowest BCUT2D eigenvalue weighted by Gasteiger charge is -2.12. The minimum absolute atomic E-state index is 0.138. The summed E-state index contributed by atoms with van der Waals surface area (Å²) in [5.74, 6) is -2.33. The van der Waals surface area contributed by atoms with E-state index in [9.17, 15) is 22.8 Å². The third-order valence-corrected chi connectivity index (χ3v) is 3.15. The van der Waals surface area contributed by atoms with Crippen LogP contribution in [0.5, 0.6) is 0 Å². The third kappa shape index (κ3) is 3.93. The predicted molar refractivity (Wildman–Crippen MR) is 78.7 cm³/mol. The van der Waals surface area contributed by atoms with Gasteiger partial charge < -0.3 is 5.11 Å². The molecule has 0 spiro atoms. The van der Waals surface area contributed by atoms with Crippen molar-refractivity contribution in [1.29, 1.82) is 0 Å². The van der Waals surface area contributed by atoms with Crippen LogP contribution in [0.1, 0.15) is 26.3 Å². The third-order valence-electron chi connectivity index (χ3n) is 2.87. The molecule has 24 heavy (non-hydrogen) atoms. The summed E-state index contributed by atoms with van der Waals surface area (Å²) in [5, 5.41) is 8.65. The largest absolute Gasteiger partial charge is 0.478 e. The molecule has 0 saturated carbocycles. The fourth-order valence-corrected chi connectivity index (χ4v) is 1.95. The van der Waals surface area contributed by atoms with Crippen LogP contribution in [0, 0.1) is 0 Å². The molecule has 2 rings (SSSR count). The lowest BCUT2D eigenvalue weighted by molar-refractivity contribution is -0.137. The molecule has 1 amide bonds. The van der Waals surface area contributed by atoms with Gasteiger partial charge in [-0.1, -0.05) is 23.7 Å². The number of aromatic carboxylic acids is 1. The molecule has 1 aromatic heterocycles. The Bertz CT molecular complexity index is 796. The lowest BCUT2D eigenvalue weighted by atomic mass is 10.1. The van der Waals surface area contributed by atoms with E-state index in [0.29, 0.717) is 12.3 Å². The molecule has 0 saturated heterocycles. The number of aromatic nitrogens is 1. The normalized spacial score (nSPS) is 11.0. The molecule has 0 aliphatic rings. The number of hydrogen-bond acceptors (Lipinski definition) is 4. The number of carbonyl (C=O) groups excluding carboxylic acids is 1. The summed E-state index contributed by atoms with van der Waals surface area (Å²) >= 11 is 5.68. The molecule has 0 bridgehead atoms. The number of nitrogens with zero attached hydrogens (tertiary/aromatic N) is 1. The summed E-state index contributed by atoms with van der Waals surface area (Å²) in [4.78, 5) is 26.5. The molecule has 1 aromatic carbocycles. The number of anilines is 1. The summed E-state index contributed by atoms with van der Waals surface area (Å²) in [6.07, 6.45) is -4.05. The average Bonchev–Trinajstić information content (AvgIpc) is 2.52. The van der Waals surface area contributed by atoms with Crippen molar-refractivity contribution in [3.05, 3.63) is 58.2 Å². The molecular formula is C14H9ClF3N3O3. The molecule has 0 fully saturated rings. The summed E-state index contributed by atoms with van der Waals surface area (Å²) in [6, 6.07) is 6.07. The van der Waals surface area contributed by atoms with Gasteiger partial charge in [-0.15, -0.1) is 0 Å². The van der Waals surface area contributed by atoms with Gasteiger partial charge in [0, 0.05) is 6.20 Å². The number of amides is 1. The summed E-state index contributed by atoms with van der Waals surface area (Å²) < 4.78 is 37.5. The van der Waals surface area contributed by atoms with E-state index in [1.54, 1.807) is 0 Å². The second kappa shape index (κ2) is 6.75. The quantitative estimate of drug-likeness (QED) is 0.729. The highest BCUT2D eigenvalue weighted by Gasteiger charge is 2.31. The van der Waals surface area contributed by atoms with Crippen LogP contribution in [0.3, 0.4) is 0 Å². The number of hydrogen-bond donors (Lipinski definition) is 3. The Morgan fingerprint density at radius 2 is 1.79 bits per heavy atom. The maximum absolute atomic E-state index is 12.5. The number of hydrazine groups is 1. The molecule has 1 heterocycles. The molecule has 0 radical (unpaired) electrons. The van der Waals surface area contributed by atoms with Crippen molar-refractivity contribution in [2.75, 3.05) is 5.43 Å². The van der Waals surface area contributed by atoms with Gasteiger partial charge in [0.2, 0.25) is 0 Å².